The topological polar surface area (TPSA) is 65.5 Å². The van der Waals surface area contributed by atoms with Crippen molar-refractivity contribution in [3.63, 3.8) is 0 Å². The monoisotopic (exact) mass is 305 g/mol. The molecule has 0 saturated heterocycles. The zero-order valence-electron chi connectivity index (χ0n) is 13.5. The Bertz CT molecular complexity index is 458. The van der Waals surface area contributed by atoms with Crippen LogP contribution in [0.4, 0.5) is 4.79 Å². The number of nitrogens with one attached hydrogen (secondary N) is 1. The van der Waals surface area contributed by atoms with E-state index in [1.165, 1.54) is 0 Å². The lowest BCUT2D eigenvalue weighted by Gasteiger charge is -2.35. The number of rotatable bonds is 5. The largest absolute Gasteiger partial charge is 0.396 e. The molecule has 5 nitrogen and oxygen atoms in total. The van der Waals surface area contributed by atoms with Crippen molar-refractivity contribution >= 4 is 6.03 Å². The fraction of sp³-hybridized carbons (Fsp3) is 0.647. The van der Waals surface area contributed by atoms with Gasteiger partial charge in [-0.05, 0) is 55.7 Å². The van der Waals surface area contributed by atoms with Gasteiger partial charge in [-0.1, -0.05) is 6.92 Å². The van der Waals surface area contributed by atoms with E-state index in [1.54, 1.807) is 12.4 Å². The van der Waals surface area contributed by atoms with Crippen molar-refractivity contribution in [2.75, 3.05) is 13.7 Å². The van der Waals surface area contributed by atoms with E-state index in [-0.39, 0.29) is 24.7 Å². The summed E-state index contributed by atoms with van der Waals surface area (Å²) in [6, 6.07) is 4.17. The lowest BCUT2D eigenvalue weighted by atomic mass is 9.86. The van der Waals surface area contributed by atoms with Gasteiger partial charge in [0.2, 0.25) is 0 Å². The summed E-state index contributed by atoms with van der Waals surface area (Å²) in [4.78, 5) is 18.3. The van der Waals surface area contributed by atoms with Crippen molar-refractivity contribution in [2.24, 2.45) is 5.92 Å². The van der Waals surface area contributed by atoms with Gasteiger partial charge in [0.1, 0.15) is 0 Å². The lowest BCUT2D eigenvalue weighted by molar-refractivity contribution is 0.132. The summed E-state index contributed by atoms with van der Waals surface area (Å²) in [5.74, 6) is 0.410. The van der Waals surface area contributed by atoms with Gasteiger partial charge >= 0.3 is 6.03 Å². The standard InChI is InChI=1S/C17H27N3O2/c1-3-16(14-8-10-18-11-9-14)19-17(22)20(2)15-6-4-13(12-21)5-7-15/h8-11,13,15-16,21H,3-7,12H2,1-2H3,(H,19,22). The summed E-state index contributed by atoms with van der Waals surface area (Å²) in [5, 5.41) is 12.3. The van der Waals surface area contributed by atoms with Crippen molar-refractivity contribution in [3.05, 3.63) is 30.1 Å². The highest BCUT2D eigenvalue weighted by atomic mass is 16.3. The number of hydrogen-bond donors (Lipinski definition) is 2. The zero-order valence-corrected chi connectivity index (χ0v) is 13.5. The van der Waals surface area contributed by atoms with Crippen molar-refractivity contribution in [2.45, 2.75) is 51.1 Å². The second-order valence-corrected chi connectivity index (χ2v) is 6.16. The molecule has 1 aliphatic rings. The van der Waals surface area contributed by atoms with Crippen LogP contribution in [0, 0.1) is 5.92 Å². The second kappa shape index (κ2) is 8.13. The molecule has 1 atom stereocenters. The smallest absolute Gasteiger partial charge is 0.317 e. The third kappa shape index (κ3) is 4.19. The maximum Gasteiger partial charge on any atom is 0.317 e. The summed E-state index contributed by atoms with van der Waals surface area (Å²) < 4.78 is 0. The van der Waals surface area contributed by atoms with Gasteiger partial charge in [-0.15, -0.1) is 0 Å². The number of aliphatic hydroxyl groups excluding tert-OH is 1. The molecule has 1 aliphatic carbocycles. The third-order valence-corrected chi connectivity index (χ3v) is 4.76. The highest BCUT2D eigenvalue weighted by molar-refractivity contribution is 5.74. The molecule has 1 heterocycles. The zero-order chi connectivity index (χ0) is 15.9. The molecule has 1 aromatic heterocycles. The Morgan fingerprint density at radius 3 is 2.55 bits per heavy atom. The third-order valence-electron chi connectivity index (χ3n) is 4.76. The van der Waals surface area contributed by atoms with E-state index < -0.39 is 0 Å². The Morgan fingerprint density at radius 2 is 2.00 bits per heavy atom. The van der Waals surface area contributed by atoms with E-state index in [2.05, 4.69) is 17.2 Å². The molecule has 0 radical (unpaired) electrons. The van der Waals surface area contributed by atoms with Crippen LogP contribution < -0.4 is 5.32 Å². The summed E-state index contributed by atoms with van der Waals surface area (Å²) in [6.45, 7) is 2.33. The highest BCUT2D eigenvalue weighted by Crippen LogP contribution is 2.27. The number of aliphatic hydroxyl groups is 1. The minimum Gasteiger partial charge on any atom is -0.396 e. The fourth-order valence-corrected chi connectivity index (χ4v) is 3.15. The van der Waals surface area contributed by atoms with Crippen LogP contribution >= 0.6 is 0 Å². The van der Waals surface area contributed by atoms with E-state index in [0.29, 0.717) is 5.92 Å². The van der Waals surface area contributed by atoms with Crippen LogP contribution in [0.3, 0.4) is 0 Å². The Hall–Kier alpha value is -1.62. The van der Waals surface area contributed by atoms with Crippen LogP contribution in [0.2, 0.25) is 0 Å². The summed E-state index contributed by atoms with van der Waals surface area (Å²) in [7, 11) is 1.87. The Morgan fingerprint density at radius 1 is 1.36 bits per heavy atom. The van der Waals surface area contributed by atoms with Gasteiger partial charge in [-0.25, -0.2) is 4.79 Å². The quantitative estimate of drug-likeness (QED) is 0.879. The van der Waals surface area contributed by atoms with E-state index in [0.717, 1.165) is 37.7 Å². The average Bonchev–Trinajstić information content (AvgIpc) is 2.59. The molecule has 0 spiro atoms. The summed E-state index contributed by atoms with van der Waals surface area (Å²) >= 11 is 0. The molecule has 22 heavy (non-hydrogen) atoms. The Kier molecular flexibility index (Phi) is 6.19. The number of aromatic nitrogens is 1. The molecule has 1 aromatic rings. The van der Waals surface area contributed by atoms with Gasteiger partial charge in [0, 0.05) is 32.1 Å². The van der Waals surface area contributed by atoms with Gasteiger partial charge in [-0.3, -0.25) is 4.98 Å². The van der Waals surface area contributed by atoms with E-state index in [9.17, 15) is 9.90 Å². The van der Waals surface area contributed by atoms with E-state index >= 15 is 0 Å². The number of carbonyl (C=O) groups excluding carboxylic acids is 1. The molecule has 1 fully saturated rings. The minimum atomic E-state index is -0.0175. The number of hydrogen-bond acceptors (Lipinski definition) is 3. The summed E-state index contributed by atoms with van der Waals surface area (Å²) in [5.41, 5.74) is 1.09. The predicted octanol–water partition coefficient (Wildman–Crippen LogP) is 2.73. The van der Waals surface area contributed by atoms with Gasteiger partial charge in [0.25, 0.3) is 0 Å². The molecule has 0 aromatic carbocycles. The number of pyridine rings is 1. The van der Waals surface area contributed by atoms with Gasteiger partial charge in [-0.2, -0.15) is 0 Å². The molecule has 5 heteroatoms. The van der Waals surface area contributed by atoms with Gasteiger partial charge in [0.05, 0.1) is 6.04 Å². The Labute approximate surface area is 132 Å². The van der Waals surface area contributed by atoms with Gasteiger partial charge in [0.15, 0.2) is 0 Å². The molecule has 2 N–H and O–H groups in total. The van der Waals surface area contributed by atoms with Crippen LogP contribution in [-0.4, -0.2) is 40.7 Å². The van der Waals surface area contributed by atoms with Crippen LogP contribution in [0.15, 0.2) is 24.5 Å². The number of carbonyl (C=O) groups is 1. The number of nitrogens with zero attached hydrogens (tertiary/aromatic N) is 2. The second-order valence-electron chi connectivity index (χ2n) is 6.16. The van der Waals surface area contributed by atoms with Crippen molar-refractivity contribution < 1.29 is 9.90 Å². The van der Waals surface area contributed by atoms with E-state index in [4.69, 9.17) is 0 Å². The molecule has 2 amide bonds. The first-order valence-corrected chi connectivity index (χ1v) is 8.19. The van der Waals surface area contributed by atoms with Crippen molar-refractivity contribution in [1.82, 2.24) is 15.2 Å². The maximum absolute atomic E-state index is 12.5. The van der Waals surface area contributed by atoms with Crippen molar-refractivity contribution in [1.29, 1.82) is 0 Å². The molecule has 122 valence electrons. The first kappa shape index (κ1) is 16.7. The van der Waals surface area contributed by atoms with Crippen LogP contribution in [-0.2, 0) is 0 Å². The maximum atomic E-state index is 12.5. The molecule has 0 bridgehead atoms. The van der Waals surface area contributed by atoms with Crippen molar-refractivity contribution in [3.8, 4) is 0 Å². The fourth-order valence-electron chi connectivity index (χ4n) is 3.15. The molecular formula is C17H27N3O2. The minimum absolute atomic E-state index is 0.0175. The highest BCUT2D eigenvalue weighted by Gasteiger charge is 2.27. The Balaban J connectivity index is 1.90. The molecule has 1 saturated carbocycles. The first-order valence-electron chi connectivity index (χ1n) is 8.19. The van der Waals surface area contributed by atoms with Crippen LogP contribution in [0.5, 0.6) is 0 Å². The van der Waals surface area contributed by atoms with Gasteiger partial charge < -0.3 is 15.3 Å². The predicted molar refractivity (Wildman–Crippen MR) is 86.4 cm³/mol. The van der Waals surface area contributed by atoms with E-state index in [1.807, 2.05) is 24.1 Å². The SMILES string of the molecule is CCC(NC(=O)N(C)C1CCC(CO)CC1)c1ccncc1. The molecule has 0 aliphatic heterocycles. The first-order chi connectivity index (χ1) is 10.7. The number of amides is 2. The summed E-state index contributed by atoms with van der Waals surface area (Å²) in [6.07, 6.45) is 8.30. The molecular weight excluding hydrogens is 278 g/mol. The lowest BCUT2D eigenvalue weighted by Crippen LogP contribution is -2.46. The normalized spacial score (nSPS) is 22.9. The number of urea groups is 1. The average molecular weight is 305 g/mol. The van der Waals surface area contributed by atoms with Crippen LogP contribution in [0.25, 0.3) is 0 Å². The van der Waals surface area contributed by atoms with Crippen LogP contribution in [0.1, 0.15) is 50.6 Å². The molecule has 2 rings (SSSR count). The molecule has 1 unspecified atom stereocenters.